The van der Waals surface area contributed by atoms with Gasteiger partial charge in [0.05, 0.1) is 12.8 Å². The lowest BCUT2D eigenvalue weighted by molar-refractivity contribution is -0.119. The Bertz CT molecular complexity index is 1250. The van der Waals surface area contributed by atoms with Crippen LogP contribution in [0.1, 0.15) is 51.0 Å². The van der Waals surface area contributed by atoms with E-state index in [-0.39, 0.29) is 17.4 Å². The van der Waals surface area contributed by atoms with E-state index in [4.69, 9.17) is 9.47 Å². The number of hydrogen-bond donors (Lipinski definition) is 1. The SMILES string of the molecule is COc1ccc2c3c1O[C@H]1c4[nH]c(C(=O)N5CCN(C=O)CC5)c(C)c4CC4[C@H](C2)N(C)CC[C@@]341. The average Bonchev–Trinajstić information content (AvgIpc) is 3.40. The van der Waals surface area contributed by atoms with Crippen LogP contribution in [0, 0.1) is 12.8 Å². The van der Waals surface area contributed by atoms with E-state index >= 15 is 0 Å². The molecule has 8 heteroatoms. The summed E-state index contributed by atoms with van der Waals surface area (Å²) in [5.41, 5.74) is 6.70. The normalized spacial score (nSPS) is 30.4. The van der Waals surface area contributed by atoms with Crippen molar-refractivity contribution in [3.63, 3.8) is 0 Å². The number of carbonyl (C=O) groups excluding carboxylic acids is 2. The van der Waals surface area contributed by atoms with Gasteiger partial charge in [0, 0.05) is 43.2 Å². The molecule has 2 bridgehead atoms. The topological polar surface area (TPSA) is 78.1 Å². The van der Waals surface area contributed by atoms with Gasteiger partial charge in [-0.05, 0) is 68.5 Å². The molecule has 2 amide bonds. The first kappa shape index (κ1) is 21.3. The zero-order chi connectivity index (χ0) is 24.1. The lowest BCUT2D eigenvalue weighted by Gasteiger charge is -2.57. The fourth-order valence-electron chi connectivity index (χ4n) is 7.84. The van der Waals surface area contributed by atoms with Crippen LogP contribution in [-0.4, -0.2) is 84.9 Å². The van der Waals surface area contributed by atoms with Crippen molar-refractivity contribution in [1.82, 2.24) is 19.7 Å². The zero-order valence-corrected chi connectivity index (χ0v) is 20.6. The van der Waals surface area contributed by atoms with E-state index in [1.54, 1.807) is 12.0 Å². The number of piperazine rings is 1. The Morgan fingerprint density at radius 3 is 2.74 bits per heavy atom. The summed E-state index contributed by atoms with van der Waals surface area (Å²) in [5.74, 6) is 2.17. The molecule has 8 nitrogen and oxygen atoms in total. The summed E-state index contributed by atoms with van der Waals surface area (Å²) in [4.78, 5) is 34.4. The van der Waals surface area contributed by atoms with Crippen LogP contribution in [-0.2, 0) is 23.1 Å². The summed E-state index contributed by atoms with van der Waals surface area (Å²) < 4.78 is 12.6. The van der Waals surface area contributed by atoms with E-state index < -0.39 is 0 Å². The van der Waals surface area contributed by atoms with Crippen molar-refractivity contribution in [3.8, 4) is 11.5 Å². The van der Waals surface area contributed by atoms with Gasteiger partial charge >= 0.3 is 0 Å². The molecule has 2 aromatic rings. The van der Waals surface area contributed by atoms with Crippen molar-refractivity contribution in [3.05, 3.63) is 45.8 Å². The summed E-state index contributed by atoms with van der Waals surface area (Å²) in [6.45, 7) is 5.41. The summed E-state index contributed by atoms with van der Waals surface area (Å²) >= 11 is 0. The van der Waals surface area contributed by atoms with Crippen LogP contribution in [0.2, 0.25) is 0 Å². The van der Waals surface area contributed by atoms with Gasteiger partial charge in [-0.15, -0.1) is 0 Å². The van der Waals surface area contributed by atoms with Crippen LogP contribution in [0.15, 0.2) is 12.1 Å². The van der Waals surface area contributed by atoms with Crippen molar-refractivity contribution in [2.24, 2.45) is 5.92 Å². The second-order valence-corrected chi connectivity index (χ2v) is 10.9. The van der Waals surface area contributed by atoms with Gasteiger partial charge in [-0.3, -0.25) is 9.59 Å². The first-order chi connectivity index (χ1) is 17.0. The van der Waals surface area contributed by atoms with Gasteiger partial charge in [-0.25, -0.2) is 0 Å². The Hall–Kier alpha value is -3.00. The predicted molar refractivity (Wildman–Crippen MR) is 129 cm³/mol. The Balaban J connectivity index is 1.34. The first-order valence-electron chi connectivity index (χ1n) is 12.7. The van der Waals surface area contributed by atoms with Crippen LogP contribution in [0.25, 0.3) is 0 Å². The molecule has 1 aromatic carbocycles. The molecular formula is C27H32N4O4. The van der Waals surface area contributed by atoms with Gasteiger partial charge in [-0.1, -0.05) is 6.07 Å². The second kappa shape index (κ2) is 7.26. The molecule has 3 aliphatic heterocycles. The van der Waals surface area contributed by atoms with Crippen molar-refractivity contribution in [2.45, 2.75) is 43.7 Å². The van der Waals surface area contributed by atoms with Crippen LogP contribution < -0.4 is 9.47 Å². The van der Waals surface area contributed by atoms with E-state index in [1.807, 2.05) is 11.0 Å². The lowest BCUT2D eigenvalue weighted by atomic mass is 9.51. The highest BCUT2D eigenvalue weighted by molar-refractivity contribution is 5.95. The Labute approximate surface area is 205 Å². The summed E-state index contributed by atoms with van der Waals surface area (Å²) in [6.07, 6.45) is 3.75. The van der Waals surface area contributed by atoms with E-state index in [0.717, 1.165) is 55.0 Å². The highest BCUT2D eigenvalue weighted by atomic mass is 16.5. The Morgan fingerprint density at radius 1 is 1.20 bits per heavy atom. The molecule has 4 atom stereocenters. The molecule has 1 spiro atoms. The Morgan fingerprint density at radius 2 is 2.00 bits per heavy atom. The lowest BCUT2D eigenvalue weighted by Crippen LogP contribution is -2.62. The standard InChI is InChI=1S/C27H32N4O4/c1-15-17-13-18-19-12-16-4-5-20(34-3)24-21(16)27(18,6-7-29(19)2)25(35-24)23(17)28-22(15)26(33)31-10-8-30(14-32)9-11-31/h4-5,14,18-19,25,28H,6-13H2,1-3H3/t18?,19-,25-,27-/m0/s1. The molecular weight excluding hydrogens is 444 g/mol. The first-order valence-corrected chi connectivity index (χ1v) is 12.7. The molecule has 1 aromatic heterocycles. The smallest absolute Gasteiger partial charge is 0.270 e. The van der Waals surface area contributed by atoms with Crippen molar-refractivity contribution < 1.29 is 19.1 Å². The number of carbonyl (C=O) groups is 2. The molecule has 0 saturated carbocycles. The third kappa shape index (κ3) is 2.61. The number of rotatable bonds is 3. The highest BCUT2D eigenvalue weighted by Crippen LogP contribution is 2.67. The molecule has 7 rings (SSSR count). The monoisotopic (exact) mass is 476 g/mol. The number of nitrogens with one attached hydrogen (secondary N) is 1. The number of H-pyrrole nitrogens is 1. The van der Waals surface area contributed by atoms with Crippen LogP contribution in [0.4, 0.5) is 0 Å². The van der Waals surface area contributed by atoms with E-state index in [2.05, 4.69) is 29.9 Å². The number of aromatic amines is 1. The number of likely N-dealkylation sites (tertiary alicyclic amines) is 1. The fourth-order valence-corrected chi connectivity index (χ4v) is 7.84. The van der Waals surface area contributed by atoms with Gasteiger partial charge in [-0.2, -0.15) is 0 Å². The summed E-state index contributed by atoms with van der Waals surface area (Å²) in [6, 6.07) is 4.74. The molecule has 4 heterocycles. The van der Waals surface area contributed by atoms with E-state index in [9.17, 15) is 9.59 Å². The molecule has 184 valence electrons. The van der Waals surface area contributed by atoms with Gasteiger partial charge < -0.3 is 29.2 Å². The zero-order valence-electron chi connectivity index (χ0n) is 20.6. The minimum atomic E-state index is -0.134. The number of aromatic nitrogens is 1. The van der Waals surface area contributed by atoms with Crippen LogP contribution in [0.5, 0.6) is 11.5 Å². The van der Waals surface area contributed by atoms with E-state index in [1.165, 1.54) is 16.7 Å². The Kier molecular flexibility index (Phi) is 4.42. The molecule has 2 aliphatic carbocycles. The number of amides is 2. The van der Waals surface area contributed by atoms with Gasteiger partial charge in [0.1, 0.15) is 11.8 Å². The molecule has 1 unspecified atom stereocenters. The van der Waals surface area contributed by atoms with E-state index in [0.29, 0.717) is 43.8 Å². The molecule has 35 heavy (non-hydrogen) atoms. The maximum absolute atomic E-state index is 13.6. The maximum atomic E-state index is 13.6. The third-order valence-corrected chi connectivity index (χ3v) is 9.66. The van der Waals surface area contributed by atoms with Crippen molar-refractivity contribution in [1.29, 1.82) is 0 Å². The second-order valence-electron chi connectivity index (χ2n) is 10.9. The summed E-state index contributed by atoms with van der Waals surface area (Å²) in [7, 11) is 3.97. The number of nitrogens with zero attached hydrogens (tertiary/aromatic N) is 3. The van der Waals surface area contributed by atoms with Gasteiger partial charge in [0.2, 0.25) is 6.41 Å². The number of hydrogen-bond acceptors (Lipinski definition) is 5. The quantitative estimate of drug-likeness (QED) is 0.687. The highest BCUT2D eigenvalue weighted by Gasteiger charge is 2.65. The molecule has 2 fully saturated rings. The fraction of sp³-hybridized carbons (Fsp3) is 0.556. The minimum absolute atomic E-state index is 0.0248. The minimum Gasteiger partial charge on any atom is -0.493 e. The number of fused-ring (bicyclic) bond motifs is 2. The third-order valence-electron chi connectivity index (χ3n) is 9.66. The summed E-state index contributed by atoms with van der Waals surface area (Å²) in [5, 5.41) is 0. The van der Waals surface area contributed by atoms with Crippen molar-refractivity contribution in [2.75, 3.05) is 46.9 Å². The van der Waals surface area contributed by atoms with Gasteiger partial charge in [0.25, 0.3) is 5.91 Å². The largest absolute Gasteiger partial charge is 0.493 e. The predicted octanol–water partition coefficient (Wildman–Crippen LogP) is 2.05. The van der Waals surface area contributed by atoms with Crippen LogP contribution in [0.3, 0.4) is 0 Å². The number of piperidine rings is 1. The molecule has 5 aliphatic rings. The van der Waals surface area contributed by atoms with Gasteiger partial charge in [0.15, 0.2) is 11.5 Å². The van der Waals surface area contributed by atoms with Crippen LogP contribution >= 0.6 is 0 Å². The molecule has 0 radical (unpaired) electrons. The number of ether oxygens (including phenoxy) is 2. The maximum Gasteiger partial charge on any atom is 0.270 e. The number of likely N-dealkylation sites (N-methyl/N-ethyl adjacent to an activating group) is 1. The number of benzene rings is 1. The average molecular weight is 477 g/mol. The van der Waals surface area contributed by atoms with Crippen molar-refractivity contribution >= 4 is 12.3 Å². The number of methoxy groups -OCH3 is 1. The molecule has 1 N–H and O–H groups in total. The molecule has 2 saturated heterocycles.